The Balaban J connectivity index is 1.56. The molecule has 6 heteroatoms. The van der Waals surface area contributed by atoms with Gasteiger partial charge in [0.25, 0.3) is 0 Å². The lowest BCUT2D eigenvalue weighted by Gasteiger charge is -2.37. The monoisotopic (exact) mass is 345 g/mol. The van der Waals surface area contributed by atoms with Crippen LogP contribution in [0.1, 0.15) is 29.2 Å². The third-order valence-corrected chi connectivity index (χ3v) is 6.01. The van der Waals surface area contributed by atoms with Crippen LogP contribution in [0.4, 0.5) is 5.13 Å². The smallest absolute Gasteiger partial charge is 0.185 e. The second kappa shape index (κ2) is 7.59. The minimum atomic E-state index is 0.388. The zero-order valence-electron chi connectivity index (χ0n) is 15.1. The molecule has 0 unspecified atom stereocenters. The molecule has 1 atom stereocenters. The maximum Gasteiger partial charge on any atom is 0.185 e. The van der Waals surface area contributed by atoms with E-state index in [-0.39, 0.29) is 0 Å². The Labute approximate surface area is 148 Å². The molecule has 1 saturated heterocycles. The molecule has 0 bridgehead atoms. The average molecular weight is 346 g/mol. The first kappa shape index (κ1) is 17.3. The normalized spacial score (nSPS) is 17.8. The molecule has 1 aliphatic rings. The number of anilines is 1. The van der Waals surface area contributed by atoms with Crippen LogP contribution in [0.25, 0.3) is 0 Å². The summed E-state index contributed by atoms with van der Waals surface area (Å²) in [5, 5.41) is 1.10. The highest BCUT2D eigenvalue weighted by atomic mass is 32.1. The Hall–Kier alpha value is -1.50. The number of nitrogens with zero attached hydrogens (tertiary/aromatic N) is 5. The van der Waals surface area contributed by atoms with Gasteiger partial charge in [0.15, 0.2) is 5.13 Å². The molecular weight excluding hydrogens is 318 g/mol. The number of aromatic nitrogens is 2. The van der Waals surface area contributed by atoms with Crippen molar-refractivity contribution in [2.24, 2.45) is 0 Å². The number of rotatable bonds is 5. The average Bonchev–Trinajstić information content (AvgIpc) is 2.97. The second-order valence-electron chi connectivity index (χ2n) is 6.64. The molecule has 0 aliphatic carbocycles. The Morgan fingerprint density at radius 1 is 1.21 bits per heavy atom. The fraction of sp³-hybridized carbons (Fsp3) is 0.556. The summed E-state index contributed by atoms with van der Waals surface area (Å²) in [5.74, 6) is 0. The van der Waals surface area contributed by atoms with Gasteiger partial charge in [0.2, 0.25) is 0 Å². The Bertz CT molecular complexity index is 647. The van der Waals surface area contributed by atoms with Gasteiger partial charge < -0.3 is 4.90 Å². The molecule has 0 aromatic carbocycles. The lowest BCUT2D eigenvalue weighted by molar-refractivity contribution is 0.0969. The predicted octanol–water partition coefficient (Wildman–Crippen LogP) is 2.79. The van der Waals surface area contributed by atoms with Gasteiger partial charge >= 0.3 is 0 Å². The molecule has 3 rings (SSSR count). The molecule has 3 heterocycles. The van der Waals surface area contributed by atoms with E-state index < -0.39 is 0 Å². The van der Waals surface area contributed by atoms with E-state index in [0.717, 1.165) is 37.9 Å². The largest absolute Gasteiger partial charge is 0.354 e. The first-order valence-corrected chi connectivity index (χ1v) is 9.37. The molecule has 1 aliphatic heterocycles. The third-order valence-electron chi connectivity index (χ3n) is 4.70. The summed E-state index contributed by atoms with van der Waals surface area (Å²) in [7, 11) is 4.11. The molecular formula is C18H27N5S. The van der Waals surface area contributed by atoms with Crippen molar-refractivity contribution in [3.05, 3.63) is 40.7 Å². The van der Waals surface area contributed by atoms with Crippen LogP contribution in [0.5, 0.6) is 0 Å². The fourth-order valence-corrected chi connectivity index (χ4v) is 4.10. The third kappa shape index (κ3) is 3.94. The number of thiazole rings is 1. The Morgan fingerprint density at radius 2 is 1.96 bits per heavy atom. The van der Waals surface area contributed by atoms with Gasteiger partial charge in [0.1, 0.15) is 0 Å². The predicted molar refractivity (Wildman–Crippen MR) is 101 cm³/mol. The van der Waals surface area contributed by atoms with E-state index in [1.165, 1.54) is 16.3 Å². The van der Waals surface area contributed by atoms with Crippen molar-refractivity contribution in [3.8, 4) is 0 Å². The Kier molecular flexibility index (Phi) is 5.48. The van der Waals surface area contributed by atoms with Crippen molar-refractivity contribution in [3.63, 3.8) is 0 Å². The van der Waals surface area contributed by atoms with Crippen molar-refractivity contribution >= 4 is 16.5 Å². The number of pyridine rings is 1. The second-order valence-corrected chi connectivity index (χ2v) is 7.70. The van der Waals surface area contributed by atoms with Crippen LogP contribution in [0.2, 0.25) is 0 Å². The molecule has 2 aromatic heterocycles. The molecule has 0 amide bonds. The van der Waals surface area contributed by atoms with E-state index in [1.54, 1.807) is 0 Å². The maximum absolute atomic E-state index is 4.66. The van der Waals surface area contributed by atoms with Gasteiger partial charge in [0, 0.05) is 63.9 Å². The fourth-order valence-electron chi connectivity index (χ4n) is 3.07. The lowest BCUT2D eigenvalue weighted by atomic mass is 10.1. The highest BCUT2D eigenvalue weighted by Gasteiger charge is 2.23. The van der Waals surface area contributed by atoms with E-state index in [4.69, 9.17) is 0 Å². The molecule has 5 nitrogen and oxygen atoms in total. The van der Waals surface area contributed by atoms with Crippen LogP contribution in [-0.2, 0) is 6.54 Å². The van der Waals surface area contributed by atoms with Gasteiger partial charge in [-0.1, -0.05) is 6.07 Å². The molecule has 0 radical (unpaired) electrons. The number of piperazine rings is 1. The lowest BCUT2D eigenvalue weighted by Crippen LogP contribution is -2.46. The quantitative estimate of drug-likeness (QED) is 0.833. The minimum absolute atomic E-state index is 0.388. The highest BCUT2D eigenvalue weighted by Crippen LogP contribution is 2.27. The molecule has 1 fully saturated rings. The summed E-state index contributed by atoms with van der Waals surface area (Å²) in [6.45, 7) is 9.79. The minimum Gasteiger partial charge on any atom is -0.354 e. The summed E-state index contributed by atoms with van der Waals surface area (Å²) in [6.07, 6.45) is 1.89. The van der Waals surface area contributed by atoms with Crippen LogP contribution < -0.4 is 4.90 Å². The zero-order chi connectivity index (χ0) is 17.1. The van der Waals surface area contributed by atoms with Gasteiger partial charge in [0.05, 0.1) is 11.4 Å². The van der Waals surface area contributed by atoms with E-state index in [1.807, 2.05) is 23.6 Å². The van der Waals surface area contributed by atoms with Crippen molar-refractivity contribution in [2.75, 3.05) is 45.2 Å². The van der Waals surface area contributed by atoms with Crippen molar-refractivity contribution in [2.45, 2.75) is 26.4 Å². The highest BCUT2D eigenvalue weighted by molar-refractivity contribution is 7.15. The summed E-state index contributed by atoms with van der Waals surface area (Å²) in [4.78, 5) is 17.7. The molecule has 130 valence electrons. The van der Waals surface area contributed by atoms with Crippen LogP contribution in [0.15, 0.2) is 24.4 Å². The SMILES string of the molecule is Cc1nc(N(C)C)sc1CN1CCN([C@H](C)c2ccccn2)CC1. The summed E-state index contributed by atoms with van der Waals surface area (Å²) in [6, 6.07) is 6.57. The van der Waals surface area contributed by atoms with Gasteiger partial charge in [-0.05, 0) is 26.0 Å². The molecule has 2 aromatic rings. The number of hydrogen-bond donors (Lipinski definition) is 0. The van der Waals surface area contributed by atoms with Gasteiger partial charge in [-0.15, -0.1) is 11.3 Å². The zero-order valence-corrected chi connectivity index (χ0v) is 15.9. The van der Waals surface area contributed by atoms with Crippen molar-refractivity contribution in [1.82, 2.24) is 19.8 Å². The first-order valence-electron chi connectivity index (χ1n) is 8.55. The van der Waals surface area contributed by atoms with Crippen LogP contribution in [-0.4, -0.2) is 60.0 Å². The number of aryl methyl sites for hydroxylation is 1. The van der Waals surface area contributed by atoms with Crippen molar-refractivity contribution in [1.29, 1.82) is 0 Å². The topological polar surface area (TPSA) is 35.5 Å². The van der Waals surface area contributed by atoms with E-state index in [9.17, 15) is 0 Å². The molecule has 0 spiro atoms. The van der Waals surface area contributed by atoms with E-state index >= 15 is 0 Å². The van der Waals surface area contributed by atoms with Gasteiger partial charge in [-0.25, -0.2) is 4.98 Å². The summed E-state index contributed by atoms with van der Waals surface area (Å²) >= 11 is 1.81. The van der Waals surface area contributed by atoms with Crippen molar-refractivity contribution < 1.29 is 0 Å². The van der Waals surface area contributed by atoms with E-state index in [0.29, 0.717) is 6.04 Å². The first-order chi connectivity index (χ1) is 11.5. The summed E-state index contributed by atoms with van der Waals surface area (Å²) in [5.41, 5.74) is 2.34. The molecule has 0 saturated carbocycles. The number of hydrogen-bond acceptors (Lipinski definition) is 6. The van der Waals surface area contributed by atoms with Gasteiger partial charge in [-0.3, -0.25) is 14.8 Å². The van der Waals surface area contributed by atoms with Crippen LogP contribution in [0, 0.1) is 6.92 Å². The van der Waals surface area contributed by atoms with E-state index in [2.05, 4.69) is 64.7 Å². The Morgan fingerprint density at radius 3 is 2.54 bits per heavy atom. The maximum atomic E-state index is 4.66. The van der Waals surface area contributed by atoms with Crippen LogP contribution >= 0.6 is 11.3 Å². The van der Waals surface area contributed by atoms with Gasteiger partial charge in [-0.2, -0.15) is 0 Å². The molecule has 24 heavy (non-hydrogen) atoms. The summed E-state index contributed by atoms with van der Waals surface area (Å²) < 4.78 is 0. The standard InChI is InChI=1S/C18H27N5S/c1-14-17(24-18(20-14)21(3)4)13-22-9-11-23(12-10-22)15(2)16-7-5-6-8-19-16/h5-8,15H,9-13H2,1-4H3/t15-/m1/s1. The van der Waals surface area contributed by atoms with Crippen LogP contribution in [0.3, 0.4) is 0 Å². The molecule has 0 N–H and O–H groups in total.